The van der Waals surface area contributed by atoms with Crippen LogP contribution in [0.15, 0.2) is 25.6 Å². The second kappa shape index (κ2) is 6.08. The van der Waals surface area contributed by atoms with E-state index in [1.165, 1.54) is 12.8 Å². The molecule has 2 unspecified atom stereocenters. The molecule has 0 saturated heterocycles. The molecule has 0 spiro atoms. The fraction of sp³-hybridized carbons (Fsp3) is 0.467. The second-order valence-corrected chi connectivity index (χ2v) is 7.36. The summed E-state index contributed by atoms with van der Waals surface area (Å²) < 4.78 is 7.18. The van der Waals surface area contributed by atoms with Gasteiger partial charge < -0.3 is 10.3 Å². The molecule has 1 saturated carbocycles. The summed E-state index contributed by atoms with van der Waals surface area (Å²) in [6.45, 7) is 2.24. The Labute approximate surface area is 140 Å². The summed E-state index contributed by atoms with van der Waals surface area (Å²) in [4.78, 5) is 4.57. The van der Waals surface area contributed by atoms with Crippen molar-refractivity contribution >= 4 is 37.5 Å². The van der Waals surface area contributed by atoms with Crippen LogP contribution < -0.4 is 5.73 Å². The van der Waals surface area contributed by atoms with E-state index >= 15 is 0 Å². The van der Waals surface area contributed by atoms with Crippen LogP contribution in [0.4, 0.5) is 5.69 Å². The van der Waals surface area contributed by atoms with Crippen LogP contribution in [0.3, 0.4) is 0 Å². The molecule has 2 aromatic rings. The highest BCUT2D eigenvalue weighted by Crippen LogP contribution is 2.40. The average Bonchev–Trinajstić information content (AvgIpc) is 3.10. The van der Waals surface area contributed by atoms with E-state index in [0.29, 0.717) is 17.5 Å². The second-order valence-electron chi connectivity index (χ2n) is 5.59. The van der Waals surface area contributed by atoms with Crippen molar-refractivity contribution < 1.29 is 4.52 Å². The average molecular weight is 415 g/mol. The zero-order valence-electron chi connectivity index (χ0n) is 11.8. The monoisotopic (exact) mass is 413 g/mol. The van der Waals surface area contributed by atoms with Crippen LogP contribution >= 0.6 is 31.9 Å². The maximum Gasteiger partial charge on any atom is 0.260 e. The number of hydrogen-bond donors (Lipinski definition) is 1. The van der Waals surface area contributed by atoms with Crippen molar-refractivity contribution in [3.8, 4) is 11.5 Å². The van der Waals surface area contributed by atoms with Crippen molar-refractivity contribution in [2.45, 2.75) is 38.5 Å². The van der Waals surface area contributed by atoms with Crippen molar-refractivity contribution in [1.29, 1.82) is 0 Å². The van der Waals surface area contributed by atoms with Crippen LogP contribution in [0.1, 0.15) is 44.3 Å². The standard InChI is InChI=1S/C15H17Br2N3O/c1-2-8-3-4-9(5-8)14-19-15(21-20-14)11-6-10(16)7-12(17)13(11)18/h6-9H,2-5,18H2,1H3. The Kier molecular flexibility index (Phi) is 4.36. The van der Waals surface area contributed by atoms with Gasteiger partial charge in [0.1, 0.15) is 0 Å². The fourth-order valence-corrected chi connectivity index (χ4v) is 4.18. The zero-order valence-corrected chi connectivity index (χ0v) is 14.9. The number of nitrogens with zero attached hydrogens (tertiary/aromatic N) is 2. The lowest BCUT2D eigenvalue weighted by Gasteiger charge is -2.05. The van der Waals surface area contributed by atoms with Crippen LogP contribution in [-0.2, 0) is 0 Å². The van der Waals surface area contributed by atoms with Crippen LogP contribution in [0, 0.1) is 5.92 Å². The normalized spacial score (nSPS) is 21.9. The summed E-state index contributed by atoms with van der Waals surface area (Å²) in [5.41, 5.74) is 7.48. The van der Waals surface area contributed by atoms with E-state index in [2.05, 4.69) is 48.9 Å². The molecule has 3 rings (SSSR count). The Morgan fingerprint density at radius 1 is 1.33 bits per heavy atom. The molecule has 1 aromatic carbocycles. The van der Waals surface area contributed by atoms with E-state index in [4.69, 9.17) is 10.3 Å². The number of halogens is 2. The smallest absolute Gasteiger partial charge is 0.260 e. The summed E-state index contributed by atoms with van der Waals surface area (Å²) >= 11 is 6.90. The third-order valence-corrected chi connectivity index (χ3v) is 5.36. The molecule has 1 aliphatic carbocycles. The van der Waals surface area contributed by atoms with E-state index in [1.54, 1.807) is 0 Å². The maximum atomic E-state index is 6.09. The van der Waals surface area contributed by atoms with Crippen molar-refractivity contribution in [1.82, 2.24) is 10.1 Å². The van der Waals surface area contributed by atoms with E-state index in [9.17, 15) is 0 Å². The van der Waals surface area contributed by atoms with Crippen LogP contribution in [-0.4, -0.2) is 10.1 Å². The van der Waals surface area contributed by atoms with Crippen molar-refractivity contribution in [3.05, 3.63) is 26.9 Å². The van der Waals surface area contributed by atoms with Gasteiger partial charge in [-0.25, -0.2) is 0 Å². The summed E-state index contributed by atoms with van der Waals surface area (Å²) in [6.07, 6.45) is 4.80. The molecule has 1 fully saturated rings. The number of nitrogens with two attached hydrogens (primary N) is 1. The molecule has 2 atom stereocenters. The van der Waals surface area contributed by atoms with Crippen molar-refractivity contribution in [2.75, 3.05) is 5.73 Å². The number of aromatic nitrogens is 2. The third-order valence-electron chi connectivity index (χ3n) is 4.25. The predicted molar refractivity (Wildman–Crippen MR) is 89.9 cm³/mol. The summed E-state index contributed by atoms with van der Waals surface area (Å²) in [6, 6.07) is 3.81. The molecule has 21 heavy (non-hydrogen) atoms. The Morgan fingerprint density at radius 2 is 2.14 bits per heavy atom. The zero-order chi connectivity index (χ0) is 15.0. The van der Waals surface area contributed by atoms with Gasteiger partial charge in [-0.1, -0.05) is 34.4 Å². The van der Waals surface area contributed by atoms with Crippen LogP contribution in [0.5, 0.6) is 0 Å². The topological polar surface area (TPSA) is 64.9 Å². The third kappa shape index (κ3) is 3.01. The number of anilines is 1. The first kappa shape index (κ1) is 15.0. The molecule has 0 bridgehead atoms. The lowest BCUT2D eigenvalue weighted by Crippen LogP contribution is -1.97. The van der Waals surface area contributed by atoms with Gasteiger partial charge in [0, 0.05) is 14.9 Å². The molecule has 1 aromatic heterocycles. The molecule has 6 heteroatoms. The number of rotatable bonds is 3. The minimum Gasteiger partial charge on any atom is -0.397 e. The molecule has 2 N–H and O–H groups in total. The molecule has 0 aliphatic heterocycles. The Morgan fingerprint density at radius 3 is 2.86 bits per heavy atom. The van der Waals surface area contributed by atoms with Crippen molar-refractivity contribution in [3.63, 3.8) is 0 Å². The van der Waals surface area contributed by atoms with Gasteiger partial charge in [-0.05, 0) is 53.2 Å². The highest BCUT2D eigenvalue weighted by molar-refractivity contribution is 9.11. The van der Waals surface area contributed by atoms with Gasteiger partial charge in [0.25, 0.3) is 5.89 Å². The van der Waals surface area contributed by atoms with Crippen molar-refractivity contribution in [2.24, 2.45) is 5.92 Å². The molecule has 0 amide bonds. The van der Waals surface area contributed by atoms with Gasteiger partial charge in [0.2, 0.25) is 0 Å². The lowest BCUT2D eigenvalue weighted by molar-refractivity contribution is 0.414. The molecular formula is C15H17Br2N3O. The van der Waals surface area contributed by atoms with Crippen LogP contribution in [0.2, 0.25) is 0 Å². The Bertz CT molecular complexity index is 656. The van der Waals surface area contributed by atoms with Gasteiger partial charge in [0.15, 0.2) is 5.82 Å². The van der Waals surface area contributed by atoms with Crippen LogP contribution in [0.25, 0.3) is 11.5 Å². The quantitative estimate of drug-likeness (QED) is 0.706. The molecular weight excluding hydrogens is 398 g/mol. The molecule has 1 heterocycles. The first-order chi connectivity index (χ1) is 10.1. The molecule has 0 radical (unpaired) electrons. The van der Waals surface area contributed by atoms with Gasteiger partial charge >= 0.3 is 0 Å². The summed E-state index contributed by atoms with van der Waals surface area (Å²) in [7, 11) is 0. The predicted octanol–water partition coefficient (Wildman–Crippen LogP) is 5.14. The molecule has 4 nitrogen and oxygen atoms in total. The maximum absolute atomic E-state index is 6.09. The Hall–Kier alpha value is -0.880. The first-order valence-corrected chi connectivity index (χ1v) is 8.75. The first-order valence-electron chi connectivity index (χ1n) is 7.17. The van der Waals surface area contributed by atoms with E-state index in [-0.39, 0.29) is 0 Å². The van der Waals surface area contributed by atoms with Gasteiger partial charge in [-0.3, -0.25) is 0 Å². The van der Waals surface area contributed by atoms with Gasteiger partial charge in [-0.15, -0.1) is 0 Å². The van der Waals surface area contributed by atoms with Gasteiger partial charge in [-0.2, -0.15) is 4.98 Å². The van der Waals surface area contributed by atoms with E-state index < -0.39 is 0 Å². The number of hydrogen-bond acceptors (Lipinski definition) is 4. The van der Waals surface area contributed by atoms with E-state index in [1.807, 2.05) is 12.1 Å². The molecule has 1 aliphatic rings. The minimum absolute atomic E-state index is 0.421. The fourth-order valence-electron chi connectivity index (χ4n) is 2.95. The lowest BCUT2D eigenvalue weighted by atomic mass is 10.0. The largest absolute Gasteiger partial charge is 0.397 e. The highest BCUT2D eigenvalue weighted by Gasteiger charge is 2.28. The summed E-state index contributed by atoms with van der Waals surface area (Å²) in [5.74, 6) is 2.52. The highest BCUT2D eigenvalue weighted by atomic mass is 79.9. The Balaban J connectivity index is 1.89. The van der Waals surface area contributed by atoms with Gasteiger partial charge in [0.05, 0.1) is 11.3 Å². The molecule has 112 valence electrons. The SMILES string of the molecule is CCC1CCC(c2noc(-c3cc(Br)cc(Br)c3N)n2)C1. The van der Waals surface area contributed by atoms with E-state index in [0.717, 1.165) is 39.1 Å². The number of benzene rings is 1. The minimum atomic E-state index is 0.421. The number of nitrogen functional groups attached to an aromatic ring is 1. The summed E-state index contributed by atoms with van der Waals surface area (Å²) in [5, 5.41) is 4.17.